The summed E-state index contributed by atoms with van der Waals surface area (Å²) in [6, 6.07) is 7.00. The van der Waals surface area contributed by atoms with E-state index >= 15 is 0 Å². The molecule has 1 rings (SSSR count). The molecule has 1 amide bonds. The van der Waals surface area contributed by atoms with Crippen molar-refractivity contribution in [3.8, 4) is 0 Å². The van der Waals surface area contributed by atoms with Crippen molar-refractivity contribution >= 4 is 29.6 Å². The number of benzene rings is 1. The predicted octanol–water partition coefficient (Wildman–Crippen LogP) is 1.98. The Balaban J connectivity index is 2.45. The van der Waals surface area contributed by atoms with Crippen molar-refractivity contribution in [3.63, 3.8) is 0 Å². The number of nitrogens with zero attached hydrogens (tertiary/aromatic N) is 1. The highest BCUT2D eigenvalue weighted by atomic mass is 35.5. The van der Waals surface area contributed by atoms with Crippen molar-refractivity contribution < 1.29 is 14.3 Å². The second-order valence-corrected chi connectivity index (χ2v) is 4.22. The van der Waals surface area contributed by atoms with Crippen LogP contribution in [0.25, 0.3) is 6.08 Å². The van der Waals surface area contributed by atoms with E-state index in [0.29, 0.717) is 5.02 Å². The van der Waals surface area contributed by atoms with E-state index in [9.17, 15) is 9.59 Å². The molecule has 0 fully saturated rings. The maximum Gasteiger partial charge on any atom is 0.331 e. The number of halogens is 1. The molecule has 0 bridgehead atoms. The number of esters is 1. The SMILES string of the molecule is CN(C)C(=O)COC(=O)/C=C/c1ccc(Cl)cc1. The van der Waals surface area contributed by atoms with E-state index in [1.165, 1.54) is 11.0 Å². The molecule has 5 heteroatoms. The van der Waals surface area contributed by atoms with Crippen molar-refractivity contribution in [1.29, 1.82) is 0 Å². The van der Waals surface area contributed by atoms with Crippen LogP contribution in [0.15, 0.2) is 30.3 Å². The lowest BCUT2D eigenvalue weighted by Gasteiger charge is -2.09. The number of hydrogen-bond acceptors (Lipinski definition) is 3. The Hall–Kier alpha value is -1.81. The van der Waals surface area contributed by atoms with Crippen LogP contribution in [-0.4, -0.2) is 37.5 Å². The fourth-order valence-corrected chi connectivity index (χ4v) is 1.17. The molecule has 0 aromatic heterocycles. The summed E-state index contributed by atoms with van der Waals surface area (Å²) in [6.45, 7) is -0.253. The summed E-state index contributed by atoms with van der Waals surface area (Å²) in [4.78, 5) is 23.8. The summed E-state index contributed by atoms with van der Waals surface area (Å²) in [6.07, 6.45) is 2.87. The van der Waals surface area contributed by atoms with Crippen LogP contribution in [0.1, 0.15) is 5.56 Å². The van der Waals surface area contributed by atoms with Crippen molar-refractivity contribution in [2.75, 3.05) is 20.7 Å². The van der Waals surface area contributed by atoms with Gasteiger partial charge in [0.25, 0.3) is 5.91 Å². The van der Waals surface area contributed by atoms with E-state index < -0.39 is 5.97 Å². The van der Waals surface area contributed by atoms with Crippen LogP contribution in [0.4, 0.5) is 0 Å². The number of rotatable bonds is 4. The maximum atomic E-state index is 11.3. The summed E-state index contributed by atoms with van der Waals surface area (Å²) in [5.74, 6) is -0.816. The first-order chi connectivity index (χ1) is 8.49. The number of hydrogen-bond donors (Lipinski definition) is 0. The Kier molecular flexibility index (Phi) is 5.39. The minimum Gasteiger partial charge on any atom is -0.452 e. The van der Waals surface area contributed by atoms with Crippen molar-refractivity contribution in [2.45, 2.75) is 0 Å². The molecule has 0 spiro atoms. The summed E-state index contributed by atoms with van der Waals surface area (Å²) < 4.78 is 4.77. The molecule has 0 heterocycles. The van der Waals surface area contributed by atoms with Gasteiger partial charge in [-0.15, -0.1) is 0 Å². The Morgan fingerprint density at radius 2 is 1.89 bits per heavy atom. The second kappa shape index (κ2) is 6.81. The smallest absolute Gasteiger partial charge is 0.331 e. The molecular weight excluding hydrogens is 254 g/mol. The normalized spacial score (nSPS) is 10.4. The molecule has 0 saturated carbocycles. The summed E-state index contributed by atoms with van der Waals surface area (Å²) in [5.41, 5.74) is 0.829. The van der Waals surface area contributed by atoms with Crippen molar-refractivity contribution in [3.05, 3.63) is 40.9 Å². The lowest BCUT2D eigenvalue weighted by atomic mass is 10.2. The summed E-state index contributed by atoms with van der Waals surface area (Å²) in [7, 11) is 3.19. The highest BCUT2D eigenvalue weighted by Gasteiger charge is 2.06. The quantitative estimate of drug-likeness (QED) is 0.619. The number of ether oxygens (including phenoxy) is 1. The van der Waals surface area contributed by atoms with Gasteiger partial charge in [0.15, 0.2) is 6.61 Å². The summed E-state index contributed by atoms with van der Waals surface area (Å²) in [5, 5.41) is 0.631. The minimum absolute atomic E-state index is 0.253. The molecular formula is C13H14ClNO3. The third kappa shape index (κ3) is 5.01. The van der Waals surface area contributed by atoms with Crippen LogP contribution in [0.3, 0.4) is 0 Å². The zero-order valence-corrected chi connectivity index (χ0v) is 11.0. The van der Waals surface area contributed by atoms with Crippen molar-refractivity contribution in [2.24, 2.45) is 0 Å². The minimum atomic E-state index is -0.555. The number of likely N-dealkylation sites (N-methyl/N-ethyl adjacent to an activating group) is 1. The number of carbonyl (C=O) groups excluding carboxylic acids is 2. The van der Waals surface area contributed by atoms with Crippen LogP contribution in [0.2, 0.25) is 5.02 Å². The van der Waals surface area contributed by atoms with Gasteiger partial charge in [0.1, 0.15) is 0 Å². The van der Waals surface area contributed by atoms with E-state index in [0.717, 1.165) is 5.56 Å². The molecule has 0 N–H and O–H groups in total. The van der Waals surface area contributed by atoms with Gasteiger partial charge in [0.05, 0.1) is 0 Å². The molecule has 0 unspecified atom stereocenters. The molecule has 0 aliphatic carbocycles. The topological polar surface area (TPSA) is 46.6 Å². The fourth-order valence-electron chi connectivity index (χ4n) is 1.05. The largest absolute Gasteiger partial charge is 0.452 e. The number of carbonyl (C=O) groups is 2. The highest BCUT2D eigenvalue weighted by Crippen LogP contribution is 2.10. The first-order valence-corrected chi connectivity index (χ1v) is 5.67. The third-order valence-electron chi connectivity index (χ3n) is 2.12. The van der Waals surface area contributed by atoms with Crippen LogP contribution >= 0.6 is 11.6 Å². The average Bonchev–Trinajstić information content (AvgIpc) is 2.35. The molecule has 4 nitrogen and oxygen atoms in total. The molecule has 1 aromatic rings. The van der Waals surface area contributed by atoms with Gasteiger partial charge < -0.3 is 9.64 Å². The first-order valence-electron chi connectivity index (χ1n) is 5.29. The van der Waals surface area contributed by atoms with Crippen LogP contribution in [-0.2, 0) is 14.3 Å². The fraction of sp³-hybridized carbons (Fsp3) is 0.231. The molecule has 0 radical (unpaired) electrons. The first kappa shape index (κ1) is 14.3. The molecule has 0 aliphatic heterocycles. The van der Waals surface area contributed by atoms with Gasteiger partial charge in [0, 0.05) is 25.2 Å². The highest BCUT2D eigenvalue weighted by molar-refractivity contribution is 6.30. The monoisotopic (exact) mass is 267 g/mol. The van der Waals surface area contributed by atoms with E-state index in [4.69, 9.17) is 16.3 Å². The average molecular weight is 268 g/mol. The molecule has 18 heavy (non-hydrogen) atoms. The third-order valence-corrected chi connectivity index (χ3v) is 2.37. The van der Waals surface area contributed by atoms with Gasteiger partial charge >= 0.3 is 5.97 Å². The Bertz CT molecular complexity index is 452. The van der Waals surface area contributed by atoms with Gasteiger partial charge in [-0.05, 0) is 23.8 Å². The molecule has 1 aromatic carbocycles. The van der Waals surface area contributed by atoms with Crippen LogP contribution in [0.5, 0.6) is 0 Å². The zero-order valence-electron chi connectivity index (χ0n) is 10.2. The van der Waals surface area contributed by atoms with Crippen molar-refractivity contribution in [1.82, 2.24) is 4.90 Å². The van der Waals surface area contributed by atoms with E-state index in [2.05, 4.69) is 0 Å². The second-order valence-electron chi connectivity index (χ2n) is 3.78. The van der Waals surface area contributed by atoms with Crippen LogP contribution < -0.4 is 0 Å². The van der Waals surface area contributed by atoms with Gasteiger partial charge in [-0.25, -0.2) is 4.79 Å². The lowest BCUT2D eigenvalue weighted by Crippen LogP contribution is -2.27. The molecule has 96 valence electrons. The molecule has 0 atom stereocenters. The van der Waals surface area contributed by atoms with Gasteiger partial charge in [-0.3, -0.25) is 4.79 Å². The van der Waals surface area contributed by atoms with E-state index in [-0.39, 0.29) is 12.5 Å². The Labute approximate surface area is 111 Å². The maximum absolute atomic E-state index is 11.3. The van der Waals surface area contributed by atoms with Gasteiger partial charge in [0.2, 0.25) is 0 Å². The Morgan fingerprint density at radius 3 is 2.44 bits per heavy atom. The molecule has 0 aliphatic rings. The van der Waals surface area contributed by atoms with E-state index in [1.807, 2.05) is 0 Å². The van der Waals surface area contributed by atoms with Crippen LogP contribution in [0, 0.1) is 0 Å². The number of amides is 1. The molecule has 0 saturated heterocycles. The van der Waals surface area contributed by atoms with Gasteiger partial charge in [-0.2, -0.15) is 0 Å². The lowest BCUT2D eigenvalue weighted by molar-refractivity contribution is -0.146. The Morgan fingerprint density at radius 1 is 1.28 bits per heavy atom. The standard InChI is InChI=1S/C13H14ClNO3/c1-15(2)12(16)9-18-13(17)8-5-10-3-6-11(14)7-4-10/h3-8H,9H2,1-2H3/b8-5+. The predicted molar refractivity (Wildman–Crippen MR) is 70.1 cm³/mol. The zero-order chi connectivity index (χ0) is 13.5. The summed E-state index contributed by atoms with van der Waals surface area (Å²) >= 11 is 5.73. The van der Waals surface area contributed by atoms with Gasteiger partial charge in [-0.1, -0.05) is 23.7 Å². The van der Waals surface area contributed by atoms with E-state index in [1.54, 1.807) is 44.4 Å².